The molecule has 1 fully saturated rings. The van der Waals surface area contributed by atoms with Gasteiger partial charge in [-0.15, -0.1) is 11.3 Å². The SMILES string of the molecule is Cc1cc(F)ccc1NC[C@H]1CCC(=O)N1CCSc1nc(C(=O)O)cs1. The smallest absolute Gasteiger partial charge is 0.355 e. The number of rotatable bonds is 8. The van der Waals surface area contributed by atoms with Crippen LogP contribution in [0.2, 0.25) is 0 Å². The number of thiazole rings is 1. The van der Waals surface area contributed by atoms with Crippen molar-refractivity contribution >= 4 is 40.7 Å². The largest absolute Gasteiger partial charge is 0.476 e. The summed E-state index contributed by atoms with van der Waals surface area (Å²) in [6, 6.07) is 4.71. The van der Waals surface area contributed by atoms with Crippen LogP contribution in [-0.2, 0) is 4.79 Å². The molecule has 3 rings (SSSR count). The Kier molecular flexibility index (Phi) is 6.33. The minimum absolute atomic E-state index is 0.0523. The molecular formula is C18H20FN3O3S2. The van der Waals surface area contributed by atoms with Crippen LogP contribution in [0.25, 0.3) is 0 Å². The summed E-state index contributed by atoms with van der Waals surface area (Å²) < 4.78 is 13.9. The molecule has 1 aromatic heterocycles. The van der Waals surface area contributed by atoms with E-state index in [2.05, 4.69) is 10.3 Å². The fraction of sp³-hybridized carbons (Fsp3) is 0.389. The number of hydrogen-bond acceptors (Lipinski definition) is 6. The van der Waals surface area contributed by atoms with Crippen LogP contribution in [0.5, 0.6) is 0 Å². The second kappa shape index (κ2) is 8.71. The predicted molar refractivity (Wildman–Crippen MR) is 104 cm³/mol. The monoisotopic (exact) mass is 409 g/mol. The Morgan fingerprint density at radius 3 is 3.04 bits per heavy atom. The lowest BCUT2D eigenvalue weighted by Crippen LogP contribution is -2.39. The zero-order chi connectivity index (χ0) is 19.4. The molecule has 1 aliphatic heterocycles. The third-order valence-electron chi connectivity index (χ3n) is 4.43. The number of carboxylic acids is 1. The molecule has 0 aliphatic carbocycles. The van der Waals surface area contributed by atoms with Gasteiger partial charge in [0.25, 0.3) is 0 Å². The first-order valence-corrected chi connectivity index (χ1v) is 10.4. The van der Waals surface area contributed by atoms with Crippen LogP contribution in [-0.4, -0.2) is 51.8 Å². The number of likely N-dealkylation sites (tertiary alicyclic amines) is 1. The minimum Gasteiger partial charge on any atom is -0.476 e. The molecule has 1 aromatic carbocycles. The number of aromatic carboxylic acids is 1. The van der Waals surface area contributed by atoms with Crippen molar-refractivity contribution in [2.24, 2.45) is 0 Å². The van der Waals surface area contributed by atoms with E-state index in [0.29, 0.717) is 29.6 Å². The highest BCUT2D eigenvalue weighted by Gasteiger charge is 2.30. The highest BCUT2D eigenvalue weighted by atomic mass is 32.2. The molecule has 1 aliphatic rings. The van der Waals surface area contributed by atoms with E-state index >= 15 is 0 Å². The number of carbonyl (C=O) groups is 2. The first-order chi connectivity index (χ1) is 12.9. The van der Waals surface area contributed by atoms with E-state index in [1.165, 1.54) is 40.6 Å². The average molecular weight is 410 g/mol. The predicted octanol–water partition coefficient (Wildman–Crippen LogP) is 3.48. The van der Waals surface area contributed by atoms with Crippen molar-refractivity contribution in [2.75, 3.05) is 24.2 Å². The summed E-state index contributed by atoms with van der Waals surface area (Å²) >= 11 is 2.75. The molecule has 0 spiro atoms. The van der Waals surface area contributed by atoms with Crippen molar-refractivity contribution in [1.82, 2.24) is 9.88 Å². The molecule has 1 atom stereocenters. The van der Waals surface area contributed by atoms with E-state index in [1.807, 2.05) is 11.8 Å². The number of anilines is 1. The number of halogens is 1. The molecular weight excluding hydrogens is 389 g/mol. The number of thioether (sulfide) groups is 1. The fourth-order valence-electron chi connectivity index (χ4n) is 3.02. The molecule has 2 heterocycles. The van der Waals surface area contributed by atoms with Crippen molar-refractivity contribution in [3.8, 4) is 0 Å². The Hall–Kier alpha value is -2.13. The van der Waals surface area contributed by atoms with Gasteiger partial charge in [-0.05, 0) is 37.1 Å². The summed E-state index contributed by atoms with van der Waals surface area (Å²) in [5, 5.41) is 13.7. The van der Waals surface area contributed by atoms with E-state index in [9.17, 15) is 14.0 Å². The number of aryl methyl sites for hydroxylation is 1. The first kappa shape index (κ1) is 19.6. The van der Waals surface area contributed by atoms with Gasteiger partial charge in [-0.3, -0.25) is 4.79 Å². The number of benzene rings is 1. The van der Waals surface area contributed by atoms with Crippen LogP contribution in [0.1, 0.15) is 28.9 Å². The summed E-state index contributed by atoms with van der Waals surface area (Å²) in [5.41, 5.74) is 1.75. The Bertz CT molecular complexity index is 843. The molecule has 0 unspecified atom stereocenters. The molecule has 2 N–H and O–H groups in total. The molecule has 0 bridgehead atoms. The quantitative estimate of drug-likeness (QED) is 0.650. The lowest BCUT2D eigenvalue weighted by Gasteiger charge is -2.25. The van der Waals surface area contributed by atoms with Crippen LogP contribution in [0.4, 0.5) is 10.1 Å². The standard InChI is InChI=1S/C18H20FN3O3S2/c1-11-8-12(19)2-4-14(11)20-9-13-3-5-16(23)22(13)6-7-26-18-21-15(10-27-18)17(24)25/h2,4,8,10,13,20H,3,5-7,9H2,1H3,(H,24,25)/t13-/m1/s1. The first-order valence-electron chi connectivity index (χ1n) is 8.55. The normalized spacial score (nSPS) is 16.7. The molecule has 144 valence electrons. The van der Waals surface area contributed by atoms with Crippen LogP contribution in [0.3, 0.4) is 0 Å². The average Bonchev–Trinajstić information content (AvgIpc) is 3.22. The van der Waals surface area contributed by atoms with Crippen molar-refractivity contribution in [3.63, 3.8) is 0 Å². The van der Waals surface area contributed by atoms with Crippen LogP contribution in [0, 0.1) is 12.7 Å². The van der Waals surface area contributed by atoms with Crippen molar-refractivity contribution < 1.29 is 19.1 Å². The van der Waals surface area contributed by atoms with E-state index in [4.69, 9.17) is 5.11 Å². The lowest BCUT2D eigenvalue weighted by atomic mass is 10.1. The van der Waals surface area contributed by atoms with Crippen molar-refractivity contribution in [3.05, 3.63) is 40.7 Å². The molecule has 6 nitrogen and oxygen atoms in total. The summed E-state index contributed by atoms with van der Waals surface area (Å²) in [6.45, 7) is 3.04. The van der Waals surface area contributed by atoms with Gasteiger partial charge in [0, 0.05) is 42.4 Å². The van der Waals surface area contributed by atoms with E-state index in [1.54, 1.807) is 6.07 Å². The maximum absolute atomic E-state index is 13.2. The molecule has 1 amide bonds. The second-order valence-electron chi connectivity index (χ2n) is 6.27. The molecule has 2 aromatic rings. The number of amides is 1. The van der Waals surface area contributed by atoms with Crippen LogP contribution < -0.4 is 5.32 Å². The van der Waals surface area contributed by atoms with Gasteiger partial charge in [-0.1, -0.05) is 11.8 Å². The molecule has 0 saturated carbocycles. The van der Waals surface area contributed by atoms with Crippen LogP contribution >= 0.6 is 23.1 Å². The summed E-state index contributed by atoms with van der Waals surface area (Å²) in [5.74, 6) is -0.510. The summed E-state index contributed by atoms with van der Waals surface area (Å²) in [7, 11) is 0. The lowest BCUT2D eigenvalue weighted by molar-refractivity contribution is -0.128. The topological polar surface area (TPSA) is 82.5 Å². The number of nitrogens with one attached hydrogen (secondary N) is 1. The Morgan fingerprint density at radius 2 is 2.33 bits per heavy atom. The van der Waals surface area contributed by atoms with Gasteiger partial charge in [-0.2, -0.15) is 0 Å². The van der Waals surface area contributed by atoms with Gasteiger partial charge < -0.3 is 15.3 Å². The third-order valence-corrected chi connectivity index (χ3v) is 6.43. The number of carboxylic acid groups (broad SMARTS) is 1. The minimum atomic E-state index is -1.03. The van der Waals surface area contributed by atoms with E-state index in [0.717, 1.165) is 17.7 Å². The summed E-state index contributed by atoms with van der Waals surface area (Å²) in [4.78, 5) is 29.0. The van der Waals surface area contributed by atoms with Gasteiger partial charge in [0.15, 0.2) is 10.0 Å². The molecule has 27 heavy (non-hydrogen) atoms. The van der Waals surface area contributed by atoms with Gasteiger partial charge in [0.05, 0.1) is 0 Å². The van der Waals surface area contributed by atoms with Gasteiger partial charge in [0.1, 0.15) is 5.82 Å². The number of hydrogen-bond donors (Lipinski definition) is 2. The Labute approximate surface area is 164 Å². The van der Waals surface area contributed by atoms with E-state index in [-0.39, 0.29) is 23.5 Å². The van der Waals surface area contributed by atoms with Crippen molar-refractivity contribution in [2.45, 2.75) is 30.1 Å². The second-order valence-corrected chi connectivity index (χ2v) is 8.47. The van der Waals surface area contributed by atoms with Crippen LogP contribution in [0.15, 0.2) is 27.9 Å². The zero-order valence-electron chi connectivity index (χ0n) is 14.8. The van der Waals surface area contributed by atoms with Crippen molar-refractivity contribution in [1.29, 1.82) is 0 Å². The number of aromatic nitrogens is 1. The highest BCUT2D eigenvalue weighted by Crippen LogP contribution is 2.25. The molecule has 9 heteroatoms. The summed E-state index contributed by atoms with van der Waals surface area (Å²) in [6.07, 6.45) is 1.32. The number of carbonyl (C=O) groups excluding carboxylic acids is 1. The van der Waals surface area contributed by atoms with Gasteiger partial charge in [-0.25, -0.2) is 14.2 Å². The maximum Gasteiger partial charge on any atom is 0.355 e. The maximum atomic E-state index is 13.2. The number of nitrogens with zero attached hydrogens (tertiary/aromatic N) is 2. The Balaban J connectivity index is 1.52. The molecule has 1 saturated heterocycles. The highest BCUT2D eigenvalue weighted by molar-refractivity contribution is 8.01. The van der Waals surface area contributed by atoms with Gasteiger partial charge in [0.2, 0.25) is 5.91 Å². The third kappa shape index (κ3) is 4.98. The zero-order valence-corrected chi connectivity index (χ0v) is 16.4. The van der Waals surface area contributed by atoms with E-state index < -0.39 is 5.97 Å². The van der Waals surface area contributed by atoms with Gasteiger partial charge >= 0.3 is 5.97 Å². The Morgan fingerprint density at radius 1 is 1.52 bits per heavy atom. The molecule has 0 radical (unpaired) electrons. The fourth-order valence-corrected chi connectivity index (χ4v) is 4.83.